The van der Waals surface area contributed by atoms with E-state index in [4.69, 9.17) is 12.2 Å². The van der Waals surface area contributed by atoms with Crippen LogP contribution in [0.2, 0.25) is 0 Å². The predicted octanol–water partition coefficient (Wildman–Crippen LogP) is 5.45. The number of anilines is 1. The highest BCUT2D eigenvalue weighted by molar-refractivity contribution is 7.80. The van der Waals surface area contributed by atoms with Crippen molar-refractivity contribution >= 4 is 51.8 Å². The average Bonchev–Trinajstić information content (AvgIpc) is 3.16. The Morgan fingerprint density at radius 1 is 0.914 bits per heavy atom. The molecule has 3 aromatic carbocycles. The Balaban J connectivity index is 1.60. The van der Waals surface area contributed by atoms with Gasteiger partial charge in [-0.3, -0.25) is 19.8 Å². The third-order valence-corrected chi connectivity index (χ3v) is 6.56. The Bertz CT molecular complexity index is 1510. The average molecular weight is 480 g/mol. The summed E-state index contributed by atoms with van der Waals surface area (Å²) in [6.07, 6.45) is 3.67. The lowest BCUT2D eigenvalue weighted by Gasteiger charge is -2.31. The number of nitrogens with one attached hydrogen (secondary N) is 1. The van der Waals surface area contributed by atoms with Gasteiger partial charge in [-0.25, -0.2) is 0 Å². The van der Waals surface area contributed by atoms with Crippen molar-refractivity contribution < 1.29 is 9.59 Å². The molecule has 0 unspecified atom stereocenters. The Kier molecular flexibility index (Phi) is 5.83. The fraction of sp³-hybridized carbons (Fsp3) is 0.138. The van der Waals surface area contributed by atoms with Crippen LogP contribution in [0.1, 0.15) is 27.8 Å². The maximum Gasteiger partial charge on any atom is 0.270 e. The molecule has 2 amide bonds. The Morgan fingerprint density at radius 3 is 2.29 bits per heavy atom. The van der Waals surface area contributed by atoms with Gasteiger partial charge in [0.05, 0.1) is 5.69 Å². The number of carbonyl (C=O) groups is 2. The molecule has 1 aliphatic heterocycles. The van der Waals surface area contributed by atoms with Gasteiger partial charge < -0.3 is 4.57 Å². The van der Waals surface area contributed by atoms with Crippen molar-refractivity contribution in [3.63, 3.8) is 0 Å². The van der Waals surface area contributed by atoms with E-state index in [2.05, 4.69) is 22.0 Å². The molecule has 1 saturated heterocycles. The second kappa shape index (κ2) is 8.96. The van der Waals surface area contributed by atoms with Crippen LogP contribution in [0.15, 0.2) is 78.5 Å². The Morgan fingerprint density at radius 2 is 1.57 bits per heavy atom. The van der Waals surface area contributed by atoms with Gasteiger partial charge in [0.1, 0.15) is 5.57 Å². The summed E-state index contributed by atoms with van der Waals surface area (Å²) in [6, 6.07) is 22.2. The number of thiocarbonyl (C=S) groups is 1. The molecule has 0 spiro atoms. The summed E-state index contributed by atoms with van der Waals surface area (Å²) in [4.78, 5) is 28.1. The van der Waals surface area contributed by atoms with Crippen LogP contribution >= 0.6 is 12.2 Å². The van der Waals surface area contributed by atoms with Gasteiger partial charge >= 0.3 is 0 Å². The van der Waals surface area contributed by atoms with E-state index < -0.39 is 11.8 Å². The number of nitrogens with zero attached hydrogens (tertiary/aromatic N) is 2. The zero-order chi connectivity index (χ0) is 24.7. The molecule has 1 fully saturated rings. The summed E-state index contributed by atoms with van der Waals surface area (Å²) < 4.78 is 2.14. The maximum absolute atomic E-state index is 13.7. The van der Waals surface area contributed by atoms with Gasteiger partial charge in [0, 0.05) is 29.2 Å². The lowest BCUT2D eigenvalue weighted by Crippen LogP contribution is -2.54. The number of amides is 2. The number of benzene rings is 3. The summed E-state index contributed by atoms with van der Waals surface area (Å²) in [5, 5.41) is 3.78. The Labute approximate surface area is 209 Å². The molecule has 6 heteroatoms. The lowest BCUT2D eigenvalue weighted by molar-refractivity contribution is -0.122. The molecule has 1 aromatic heterocycles. The van der Waals surface area contributed by atoms with E-state index in [0.29, 0.717) is 12.2 Å². The zero-order valence-electron chi connectivity index (χ0n) is 19.8. The molecule has 0 bridgehead atoms. The smallest absolute Gasteiger partial charge is 0.270 e. The summed E-state index contributed by atoms with van der Waals surface area (Å²) in [5.74, 6) is -0.910. The van der Waals surface area contributed by atoms with Crippen LogP contribution in [0.25, 0.3) is 17.0 Å². The summed E-state index contributed by atoms with van der Waals surface area (Å²) in [7, 11) is 0. The number of fused-ring (bicyclic) bond motifs is 1. The molecule has 174 valence electrons. The van der Waals surface area contributed by atoms with Gasteiger partial charge in [-0.05, 0) is 61.8 Å². The van der Waals surface area contributed by atoms with Gasteiger partial charge in [0.15, 0.2) is 5.11 Å². The minimum atomic E-state index is -0.487. The molecular weight excluding hydrogens is 454 g/mol. The fourth-order valence-corrected chi connectivity index (χ4v) is 5.11. The van der Waals surface area contributed by atoms with Crippen LogP contribution in [0.5, 0.6) is 0 Å². The minimum Gasteiger partial charge on any atom is -0.342 e. The number of rotatable bonds is 4. The van der Waals surface area contributed by atoms with Crippen LogP contribution in [0.4, 0.5) is 5.69 Å². The standard InChI is InChI=1S/C29H25N3O2S/c1-18-13-19(2)26(20(3)14-18)32-28(34)24(27(33)30-29(32)35)15-22-17-31(16-21-9-5-4-6-10-21)25-12-8-7-11-23(22)25/h4-15,17H,16H2,1-3H3,(H,30,33,35)/b24-15+. The summed E-state index contributed by atoms with van der Waals surface area (Å²) >= 11 is 5.43. The van der Waals surface area contributed by atoms with Crippen molar-refractivity contribution in [2.75, 3.05) is 4.90 Å². The van der Waals surface area contributed by atoms with Gasteiger partial charge in [-0.2, -0.15) is 0 Å². The molecule has 4 aromatic rings. The molecule has 5 nitrogen and oxygen atoms in total. The van der Waals surface area contributed by atoms with E-state index in [1.165, 1.54) is 10.5 Å². The number of hydrogen-bond acceptors (Lipinski definition) is 3. The van der Waals surface area contributed by atoms with Gasteiger partial charge in [0.25, 0.3) is 11.8 Å². The maximum atomic E-state index is 13.7. The second-order valence-electron chi connectivity index (χ2n) is 8.92. The van der Waals surface area contributed by atoms with Crippen molar-refractivity contribution in [1.82, 2.24) is 9.88 Å². The van der Waals surface area contributed by atoms with Crippen molar-refractivity contribution in [3.8, 4) is 0 Å². The first-order valence-electron chi connectivity index (χ1n) is 11.4. The SMILES string of the molecule is Cc1cc(C)c(N2C(=O)/C(=C/c3cn(Cc4ccccc4)c4ccccc34)C(=O)NC2=S)c(C)c1. The normalized spacial score (nSPS) is 15.2. The first-order chi connectivity index (χ1) is 16.8. The molecule has 0 aliphatic carbocycles. The molecular formula is C29H25N3O2S. The lowest BCUT2D eigenvalue weighted by atomic mass is 10.0. The van der Waals surface area contributed by atoms with E-state index in [1.807, 2.05) is 81.6 Å². The first-order valence-corrected chi connectivity index (χ1v) is 11.9. The summed E-state index contributed by atoms with van der Waals surface area (Å²) in [5.41, 5.74) is 6.72. The van der Waals surface area contributed by atoms with Crippen LogP contribution in [0, 0.1) is 20.8 Å². The highest BCUT2D eigenvalue weighted by atomic mass is 32.1. The molecule has 35 heavy (non-hydrogen) atoms. The minimum absolute atomic E-state index is 0.0561. The number of para-hydroxylation sites is 1. The van der Waals surface area contributed by atoms with E-state index in [9.17, 15) is 9.59 Å². The fourth-order valence-electron chi connectivity index (χ4n) is 4.84. The molecule has 0 saturated carbocycles. The Hall–Kier alpha value is -4.03. The monoisotopic (exact) mass is 479 g/mol. The third kappa shape index (κ3) is 4.17. The van der Waals surface area contributed by atoms with Crippen LogP contribution < -0.4 is 10.2 Å². The molecule has 5 rings (SSSR count). The number of aryl methyl sites for hydroxylation is 3. The van der Waals surface area contributed by atoms with Crippen molar-refractivity contribution in [1.29, 1.82) is 0 Å². The van der Waals surface area contributed by atoms with E-state index in [1.54, 1.807) is 6.08 Å². The van der Waals surface area contributed by atoms with Crippen LogP contribution in [-0.2, 0) is 16.1 Å². The van der Waals surface area contributed by atoms with Gasteiger partial charge in [-0.15, -0.1) is 0 Å². The molecule has 1 aliphatic rings. The molecule has 2 heterocycles. The van der Waals surface area contributed by atoms with E-state index >= 15 is 0 Å². The topological polar surface area (TPSA) is 54.3 Å². The highest BCUT2D eigenvalue weighted by Crippen LogP contribution is 2.31. The molecule has 1 N–H and O–H groups in total. The number of hydrogen-bond donors (Lipinski definition) is 1. The van der Waals surface area contributed by atoms with Crippen LogP contribution in [0.3, 0.4) is 0 Å². The van der Waals surface area contributed by atoms with Crippen LogP contribution in [-0.4, -0.2) is 21.5 Å². The zero-order valence-corrected chi connectivity index (χ0v) is 20.6. The largest absolute Gasteiger partial charge is 0.342 e. The number of carbonyl (C=O) groups excluding carboxylic acids is 2. The van der Waals surface area contributed by atoms with Crippen molar-refractivity contribution in [2.24, 2.45) is 0 Å². The quantitative estimate of drug-likeness (QED) is 0.241. The number of aromatic nitrogens is 1. The van der Waals surface area contributed by atoms with E-state index in [0.717, 1.165) is 33.2 Å². The van der Waals surface area contributed by atoms with Crippen molar-refractivity contribution in [2.45, 2.75) is 27.3 Å². The van der Waals surface area contributed by atoms with Gasteiger partial charge in [0.2, 0.25) is 0 Å². The van der Waals surface area contributed by atoms with Gasteiger partial charge in [-0.1, -0.05) is 66.2 Å². The highest BCUT2D eigenvalue weighted by Gasteiger charge is 2.36. The van der Waals surface area contributed by atoms with Crippen molar-refractivity contribution in [3.05, 3.63) is 106 Å². The molecule has 0 radical (unpaired) electrons. The third-order valence-electron chi connectivity index (χ3n) is 6.28. The summed E-state index contributed by atoms with van der Waals surface area (Å²) in [6.45, 7) is 6.59. The second-order valence-corrected chi connectivity index (χ2v) is 9.31. The predicted molar refractivity (Wildman–Crippen MR) is 144 cm³/mol. The first kappa shape index (κ1) is 22.7. The molecule has 0 atom stereocenters. The van der Waals surface area contributed by atoms with E-state index in [-0.39, 0.29) is 10.7 Å².